The van der Waals surface area contributed by atoms with Crippen LogP contribution in [0.5, 0.6) is 0 Å². The van der Waals surface area contributed by atoms with Gasteiger partial charge in [-0.1, -0.05) is 48.5 Å². The van der Waals surface area contributed by atoms with Gasteiger partial charge in [0.1, 0.15) is 0 Å². The van der Waals surface area contributed by atoms with Crippen LogP contribution < -0.4 is 5.56 Å². The predicted molar refractivity (Wildman–Crippen MR) is 102 cm³/mol. The SMILES string of the molecule is CCCn1c(SCc2ccccc2C(F)(F)F)nc2cc(Cl)ccc2c1=O. The van der Waals surface area contributed by atoms with Crippen LogP contribution in [0.2, 0.25) is 5.02 Å². The van der Waals surface area contributed by atoms with Crippen LogP contribution in [0.3, 0.4) is 0 Å². The summed E-state index contributed by atoms with van der Waals surface area (Å²) in [6.45, 7) is 2.36. The molecule has 0 aliphatic carbocycles. The van der Waals surface area contributed by atoms with Crippen molar-refractivity contribution in [2.24, 2.45) is 0 Å². The number of aromatic nitrogens is 2. The van der Waals surface area contributed by atoms with Gasteiger partial charge in [0.25, 0.3) is 5.56 Å². The summed E-state index contributed by atoms with van der Waals surface area (Å²) in [6.07, 6.45) is -3.72. The Kier molecular flexibility index (Phi) is 5.81. The molecule has 2 aromatic carbocycles. The summed E-state index contributed by atoms with van der Waals surface area (Å²) in [6, 6.07) is 10.3. The molecule has 8 heteroatoms. The number of hydrogen-bond donors (Lipinski definition) is 0. The minimum Gasteiger partial charge on any atom is -0.287 e. The molecular weight excluding hydrogens is 397 g/mol. The normalized spacial score (nSPS) is 11.9. The number of fused-ring (bicyclic) bond motifs is 1. The lowest BCUT2D eigenvalue weighted by Crippen LogP contribution is -2.23. The Labute approximate surface area is 163 Å². The summed E-state index contributed by atoms with van der Waals surface area (Å²) < 4.78 is 41.1. The molecule has 27 heavy (non-hydrogen) atoms. The zero-order chi connectivity index (χ0) is 19.6. The van der Waals surface area contributed by atoms with E-state index in [1.165, 1.54) is 16.7 Å². The van der Waals surface area contributed by atoms with Crippen LogP contribution in [-0.2, 0) is 18.5 Å². The van der Waals surface area contributed by atoms with Gasteiger partial charge in [-0.15, -0.1) is 0 Å². The highest BCUT2D eigenvalue weighted by Crippen LogP contribution is 2.34. The first kappa shape index (κ1) is 19.8. The van der Waals surface area contributed by atoms with Crippen molar-refractivity contribution in [2.45, 2.75) is 37.0 Å². The molecule has 3 nitrogen and oxygen atoms in total. The van der Waals surface area contributed by atoms with Gasteiger partial charge in [0.05, 0.1) is 16.5 Å². The standard InChI is InChI=1S/C19H16ClF3N2OS/c1-2-9-25-17(26)14-8-7-13(20)10-16(14)24-18(25)27-11-12-5-3-4-6-15(12)19(21,22)23/h3-8,10H,2,9,11H2,1H3. The highest BCUT2D eigenvalue weighted by molar-refractivity contribution is 7.98. The number of benzene rings is 2. The second kappa shape index (κ2) is 7.94. The second-order valence-electron chi connectivity index (χ2n) is 5.96. The minimum absolute atomic E-state index is 0.0535. The first-order chi connectivity index (χ1) is 12.8. The van der Waals surface area contributed by atoms with E-state index in [4.69, 9.17) is 11.6 Å². The largest absolute Gasteiger partial charge is 0.416 e. The van der Waals surface area contributed by atoms with Crippen LogP contribution in [0.25, 0.3) is 10.9 Å². The molecule has 0 spiro atoms. The van der Waals surface area contributed by atoms with Crippen molar-refractivity contribution in [1.29, 1.82) is 0 Å². The van der Waals surface area contributed by atoms with E-state index in [1.807, 2.05) is 6.92 Å². The first-order valence-electron chi connectivity index (χ1n) is 8.29. The Morgan fingerprint density at radius 2 is 1.93 bits per heavy atom. The molecule has 0 atom stereocenters. The predicted octanol–water partition coefficient (Wildman–Crippen LogP) is 5.77. The maximum absolute atomic E-state index is 13.2. The van der Waals surface area contributed by atoms with Gasteiger partial charge in [-0.3, -0.25) is 9.36 Å². The van der Waals surface area contributed by atoms with Crippen molar-refractivity contribution in [1.82, 2.24) is 9.55 Å². The van der Waals surface area contributed by atoms with E-state index < -0.39 is 11.7 Å². The van der Waals surface area contributed by atoms with Gasteiger partial charge >= 0.3 is 6.18 Å². The molecule has 0 N–H and O–H groups in total. The van der Waals surface area contributed by atoms with Crippen molar-refractivity contribution in [2.75, 3.05) is 0 Å². The second-order valence-corrected chi connectivity index (χ2v) is 7.34. The monoisotopic (exact) mass is 412 g/mol. The van der Waals surface area contributed by atoms with E-state index in [2.05, 4.69) is 4.98 Å². The molecule has 0 aliphatic rings. The van der Waals surface area contributed by atoms with E-state index in [-0.39, 0.29) is 16.9 Å². The molecule has 0 fully saturated rings. The fourth-order valence-electron chi connectivity index (χ4n) is 2.77. The molecule has 0 amide bonds. The summed E-state index contributed by atoms with van der Waals surface area (Å²) in [4.78, 5) is 17.3. The number of thioether (sulfide) groups is 1. The molecule has 0 unspecified atom stereocenters. The van der Waals surface area contributed by atoms with Crippen molar-refractivity contribution >= 4 is 34.3 Å². The Balaban J connectivity index is 2.02. The summed E-state index contributed by atoms with van der Waals surface area (Å²) in [5.41, 5.74) is -0.305. The summed E-state index contributed by atoms with van der Waals surface area (Å²) in [7, 11) is 0. The number of rotatable bonds is 5. The molecule has 3 aromatic rings. The van der Waals surface area contributed by atoms with Gasteiger partial charge in [-0.05, 0) is 36.2 Å². The molecule has 0 bridgehead atoms. The number of halogens is 4. The van der Waals surface area contributed by atoms with Crippen molar-refractivity contribution in [3.63, 3.8) is 0 Å². The van der Waals surface area contributed by atoms with Gasteiger partial charge in [0, 0.05) is 17.3 Å². The Morgan fingerprint density at radius 3 is 2.63 bits per heavy atom. The van der Waals surface area contributed by atoms with Gasteiger partial charge < -0.3 is 0 Å². The molecule has 0 saturated carbocycles. The van der Waals surface area contributed by atoms with E-state index in [0.29, 0.717) is 34.0 Å². The lowest BCUT2D eigenvalue weighted by molar-refractivity contribution is -0.138. The van der Waals surface area contributed by atoms with Crippen LogP contribution in [0.4, 0.5) is 13.2 Å². The zero-order valence-corrected chi connectivity index (χ0v) is 16.0. The topological polar surface area (TPSA) is 34.9 Å². The van der Waals surface area contributed by atoms with E-state index >= 15 is 0 Å². The zero-order valence-electron chi connectivity index (χ0n) is 14.4. The van der Waals surface area contributed by atoms with Crippen molar-refractivity contribution in [3.05, 3.63) is 69.0 Å². The van der Waals surface area contributed by atoms with Gasteiger partial charge in [-0.2, -0.15) is 13.2 Å². The van der Waals surface area contributed by atoms with Gasteiger partial charge in [-0.25, -0.2) is 4.98 Å². The number of alkyl halides is 3. The Morgan fingerprint density at radius 1 is 1.19 bits per heavy atom. The molecule has 1 aromatic heterocycles. The average Bonchev–Trinajstić information content (AvgIpc) is 2.62. The van der Waals surface area contributed by atoms with Crippen LogP contribution >= 0.6 is 23.4 Å². The molecule has 3 rings (SSSR count). The summed E-state index contributed by atoms with van der Waals surface area (Å²) >= 11 is 7.10. The lowest BCUT2D eigenvalue weighted by Gasteiger charge is -2.15. The molecule has 1 heterocycles. The maximum Gasteiger partial charge on any atom is 0.416 e. The molecule has 142 valence electrons. The van der Waals surface area contributed by atoms with Crippen molar-refractivity contribution < 1.29 is 13.2 Å². The third-order valence-electron chi connectivity index (χ3n) is 4.01. The molecule has 0 radical (unpaired) electrons. The van der Waals surface area contributed by atoms with E-state index in [1.54, 1.807) is 24.3 Å². The molecule has 0 aliphatic heterocycles. The molecule has 0 saturated heterocycles. The fourth-order valence-corrected chi connectivity index (χ4v) is 3.97. The third kappa shape index (κ3) is 4.30. The summed E-state index contributed by atoms with van der Waals surface area (Å²) in [5, 5.41) is 1.27. The lowest BCUT2D eigenvalue weighted by atomic mass is 10.1. The minimum atomic E-state index is -4.43. The summed E-state index contributed by atoms with van der Waals surface area (Å²) in [5.74, 6) is 0.0535. The Bertz CT molecular complexity index is 1030. The quantitative estimate of drug-likeness (QED) is 0.394. The third-order valence-corrected chi connectivity index (χ3v) is 5.27. The van der Waals surface area contributed by atoms with Crippen LogP contribution in [0.15, 0.2) is 52.4 Å². The average molecular weight is 413 g/mol. The van der Waals surface area contributed by atoms with E-state index in [0.717, 1.165) is 17.8 Å². The molecular formula is C19H16ClF3N2OS. The number of nitrogens with zero attached hydrogens (tertiary/aromatic N) is 2. The van der Waals surface area contributed by atoms with Gasteiger partial charge in [0.2, 0.25) is 0 Å². The maximum atomic E-state index is 13.2. The van der Waals surface area contributed by atoms with Crippen molar-refractivity contribution in [3.8, 4) is 0 Å². The highest BCUT2D eigenvalue weighted by Gasteiger charge is 2.32. The first-order valence-corrected chi connectivity index (χ1v) is 9.65. The smallest absolute Gasteiger partial charge is 0.287 e. The van der Waals surface area contributed by atoms with Crippen LogP contribution in [0.1, 0.15) is 24.5 Å². The highest BCUT2D eigenvalue weighted by atomic mass is 35.5. The van der Waals surface area contributed by atoms with E-state index in [9.17, 15) is 18.0 Å². The van der Waals surface area contributed by atoms with Gasteiger partial charge in [0.15, 0.2) is 5.16 Å². The number of hydrogen-bond acceptors (Lipinski definition) is 3. The Hall–Kier alpha value is -1.99. The fraction of sp³-hybridized carbons (Fsp3) is 0.263. The van der Waals surface area contributed by atoms with Crippen LogP contribution in [0, 0.1) is 0 Å². The van der Waals surface area contributed by atoms with Crippen LogP contribution in [-0.4, -0.2) is 9.55 Å².